The van der Waals surface area contributed by atoms with E-state index in [0.29, 0.717) is 0 Å². The van der Waals surface area contributed by atoms with Gasteiger partial charge in [-0.05, 0) is 25.5 Å². The Morgan fingerprint density at radius 2 is 2.18 bits per heavy atom. The summed E-state index contributed by atoms with van der Waals surface area (Å²) in [7, 11) is 0. The van der Waals surface area contributed by atoms with Crippen molar-refractivity contribution < 1.29 is 0 Å². The molecule has 0 radical (unpaired) electrons. The van der Waals surface area contributed by atoms with E-state index in [0.717, 1.165) is 23.4 Å². The molecule has 2 rings (SSSR count). The standard InChI is InChI=1S/C13H16N4/c1-9-10(2)17(8-16-9)7-11-4-3-5-12(6-11)13(14)15/h3-6,8H,7H2,1-2H3,(H3,14,15). The minimum atomic E-state index is 0.102. The van der Waals surface area contributed by atoms with Crippen molar-refractivity contribution in [2.24, 2.45) is 5.73 Å². The summed E-state index contributed by atoms with van der Waals surface area (Å²) in [5.41, 5.74) is 9.57. The zero-order valence-electron chi connectivity index (χ0n) is 10.1. The van der Waals surface area contributed by atoms with Crippen LogP contribution in [0.3, 0.4) is 0 Å². The van der Waals surface area contributed by atoms with Gasteiger partial charge in [0.25, 0.3) is 0 Å². The minimum absolute atomic E-state index is 0.102. The third kappa shape index (κ3) is 2.36. The fourth-order valence-electron chi connectivity index (χ4n) is 1.74. The van der Waals surface area contributed by atoms with Crippen LogP contribution in [0.25, 0.3) is 0 Å². The minimum Gasteiger partial charge on any atom is -0.384 e. The van der Waals surface area contributed by atoms with E-state index in [1.54, 1.807) is 0 Å². The Bertz CT molecular complexity index is 554. The van der Waals surface area contributed by atoms with Crippen LogP contribution in [-0.2, 0) is 6.54 Å². The van der Waals surface area contributed by atoms with Crippen molar-refractivity contribution in [2.75, 3.05) is 0 Å². The Balaban J connectivity index is 2.27. The van der Waals surface area contributed by atoms with Gasteiger partial charge in [0.2, 0.25) is 0 Å². The lowest BCUT2D eigenvalue weighted by atomic mass is 10.1. The van der Waals surface area contributed by atoms with Gasteiger partial charge < -0.3 is 10.3 Å². The smallest absolute Gasteiger partial charge is 0.122 e. The molecule has 2 aromatic rings. The van der Waals surface area contributed by atoms with Gasteiger partial charge in [0.15, 0.2) is 0 Å². The number of aromatic nitrogens is 2. The van der Waals surface area contributed by atoms with Crippen molar-refractivity contribution in [3.05, 3.63) is 53.1 Å². The van der Waals surface area contributed by atoms with Crippen LogP contribution in [0.5, 0.6) is 0 Å². The molecule has 0 saturated carbocycles. The Hall–Kier alpha value is -2.10. The highest BCUT2D eigenvalue weighted by atomic mass is 15.0. The summed E-state index contributed by atoms with van der Waals surface area (Å²) in [5.74, 6) is 0.102. The number of hydrogen-bond donors (Lipinski definition) is 2. The average Bonchev–Trinajstić information content (AvgIpc) is 2.61. The first-order chi connectivity index (χ1) is 8.08. The van der Waals surface area contributed by atoms with Gasteiger partial charge in [-0.1, -0.05) is 18.2 Å². The Morgan fingerprint density at radius 3 is 2.76 bits per heavy atom. The number of nitrogen functional groups attached to an aromatic ring is 1. The summed E-state index contributed by atoms with van der Waals surface area (Å²) in [5, 5.41) is 7.42. The van der Waals surface area contributed by atoms with Gasteiger partial charge in [-0.3, -0.25) is 5.41 Å². The summed E-state index contributed by atoms with van der Waals surface area (Å²) in [6.07, 6.45) is 1.84. The van der Waals surface area contributed by atoms with E-state index in [1.165, 1.54) is 5.69 Å². The molecule has 1 aromatic carbocycles. The van der Waals surface area contributed by atoms with Gasteiger partial charge in [-0.15, -0.1) is 0 Å². The molecule has 4 heteroatoms. The number of imidazole rings is 1. The lowest BCUT2D eigenvalue weighted by Crippen LogP contribution is -2.11. The normalized spacial score (nSPS) is 10.5. The predicted octanol–water partition coefficient (Wildman–Crippen LogP) is 1.83. The van der Waals surface area contributed by atoms with E-state index < -0.39 is 0 Å². The quantitative estimate of drug-likeness (QED) is 0.621. The molecule has 0 amide bonds. The first-order valence-electron chi connectivity index (χ1n) is 5.49. The SMILES string of the molecule is Cc1ncn(Cc2cccc(C(=N)N)c2)c1C. The van der Waals surface area contributed by atoms with Crippen LogP contribution in [0.1, 0.15) is 22.5 Å². The molecule has 88 valence electrons. The van der Waals surface area contributed by atoms with Crippen LogP contribution in [0.4, 0.5) is 0 Å². The van der Waals surface area contributed by atoms with E-state index in [-0.39, 0.29) is 5.84 Å². The van der Waals surface area contributed by atoms with Crippen LogP contribution < -0.4 is 5.73 Å². The van der Waals surface area contributed by atoms with E-state index in [1.807, 2.05) is 37.5 Å². The number of nitrogens with zero attached hydrogens (tertiary/aromatic N) is 2. The van der Waals surface area contributed by atoms with Crippen LogP contribution in [0, 0.1) is 19.3 Å². The maximum atomic E-state index is 7.42. The first-order valence-corrected chi connectivity index (χ1v) is 5.49. The fraction of sp³-hybridized carbons (Fsp3) is 0.231. The third-order valence-electron chi connectivity index (χ3n) is 2.94. The molecule has 0 unspecified atom stereocenters. The number of rotatable bonds is 3. The Labute approximate surface area is 101 Å². The molecular weight excluding hydrogens is 212 g/mol. The van der Waals surface area contributed by atoms with Crippen molar-refractivity contribution in [1.82, 2.24) is 9.55 Å². The highest BCUT2D eigenvalue weighted by Crippen LogP contribution is 2.10. The van der Waals surface area contributed by atoms with Crippen molar-refractivity contribution in [1.29, 1.82) is 5.41 Å². The molecule has 3 N–H and O–H groups in total. The van der Waals surface area contributed by atoms with Crippen LogP contribution >= 0.6 is 0 Å². The lowest BCUT2D eigenvalue weighted by molar-refractivity contribution is 0.768. The van der Waals surface area contributed by atoms with Gasteiger partial charge in [-0.2, -0.15) is 0 Å². The zero-order valence-corrected chi connectivity index (χ0v) is 10.1. The second kappa shape index (κ2) is 4.41. The van der Waals surface area contributed by atoms with Gasteiger partial charge in [-0.25, -0.2) is 4.98 Å². The van der Waals surface area contributed by atoms with Crippen LogP contribution in [0.2, 0.25) is 0 Å². The molecule has 0 spiro atoms. The lowest BCUT2D eigenvalue weighted by Gasteiger charge is -2.07. The maximum absolute atomic E-state index is 7.42. The Kier molecular flexibility index (Phi) is 2.95. The summed E-state index contributed by atoms with van der Waals surface area (Å²) in [6, 6.07) is 7.74. The van der Waals surface area contributed by atoms with Crippen LogP contribution in [-0.4, -0.2) is 15.4 Å². The topological polar surface area (TPSA) is 67.7 Å². The monoisotopic (exact) mass is 228 g/mol. The molecule has 0 saturated heterocycles. The maximum Gasteiger partial charge on any atom is 0.122 e. The predicted molar refractivity (Wildman–Crippen MR) is 68.3 cm³/mol. The molecule has 0 fully saturated rings. The third-order valence-corrected chi connectivity index (χ3v) is 2.94. The molecule has 0 bridgehead atoms. The average molecular weight is 228 g/mol. The van der Waals surface area contributed by atoms with Crippen LogP contribution in [0.15, 0.2) is 30.6 Å². The van der Waals surface area contributed by atoms with E-state index in [2.05, 4.69) is 16.5 Å². The zero-order chi connectivity index (χ0) is 12.4. The number of amidine groups is 1. The summed E-state index contributed by atoms with van der Waals surface area (Å²) in [6.45, 7) is 4.81. The molecule has 1 heterocycles. The molecule has 4 nitrogen and oxygen atoms in total. The summed E-state index contributed by atoms with van der Waals surface area (Å²) in [4.78, 5) is 4.27. The van der Waals surface area contributed by atoms with E-state index in [9.17, 15) is 0 Å². The molecule has 0 atom stereocenters. The van der Waals surface area contributed by atoms with Gasteiger partial charge in [0, 0.05) is 17.8 Å². The van der Waals surface area contributed by atoms with Gasteiger partial charge in [0.05, 0.1) is 12.0 Å². The number of hydrogen-bond acceptors (Lipinski definition) is 2. The van der Waals surface area contributed by atoms with Crippen molar-refractivity contribution in [2.45, 2.75) is 20.4 Å². The molecule has 17 heavy (non-hydrogen) atoms. The first kappa shape index (κ1) is 11.4. The van der Waals surface area contributed by atoms with Crippen molar-refractivity contribution in [3.8, 4) is 0 Å². The second-order valence-electron chi connectivity index (χ2n) is 4.16. The summed E-state index contributed by atoms with van der Waals surface area (Å²) >= 11 is 0. The number of nitrogens with two attached hydrogens (primary N) is 1. The Morgan fingerprint density at radius 1 is 1.41 bits per heavy atom. The number of aryl methyl sites for hydroxylation is 1. The molecular formula is C13H16N4. The molecule has 0 aliphatic heterocycles. The van der Waals surface area contributed by atoms with E-state index in [4.69, 9.17) is 11.1 Å². The highest BCUT2D eigenvalue weighted by molar-refractivity contribution is 5.95. The fourth-order valence-corrected chi connectivity index (χ4v) is 1.74. The van der Waals surface area contributed by atoms with Gasteiger partial charge in [0.1, 0.15) is 5.84 Å². The number of nitrogens with one attached hydrogen (secondary N) is 1. The van der Waals surface area contributed by atoms with Crippen molar-refractivity contribution in [3.63, 3.8) is 0 Å². The van der Waals surface area contributed by atoms with Gasteiger partial charge >= 0.3 is 0 Å². The summed E-state index contributed by atoms with van der Waals surface area (Å²) < 4.78 is 2.09. The molecule has 1 aromatic heterocycles. The number of benzene rings is 1. The highest BCUT2D eigenvalue weighted by Gasteiger charge is 2.04. The largest absolute Gasteiger partial charge is 0.384 e. The molecule has 0 aliphatic carbocycles. The van der Waals surface area contributed by atoms with E-state index >= 15 is 0 Å². The molecule has 0 aliphatic rings. The van der Waals surface area contributed by atoms with Crippen molar-refractivity contribution >= 4 is 5.84 Å². The second-order valence-corrected chi connectivity index (χ2v) is 4.16.